The highest BCUT2D eigenvalue weighted by molar-refractivity contribution is 4.87. The van der Waals surface area contributed by atoms with Gasteiger partial charge in [0.25, 0.3) is 0 Å². The van der Waals surface area contributed by atoms with Crippen LogP contribution in [0.15, 0.2) is 0 Å². The largest absolute Gasteiger partial charge is 0.302 e. The van der Waals surface area contributed by atoms with Crippen molar-refractivity contribution in [3.8, 4) is 0 Å². The highest BCUT2D eigenvalue weighted by atomic mass is 16.6. The SMILES string of the molecule is CCONC1CCN2CCCC2C1. The second kappa shape index (κ2) is 4.40. The number of fused-ring (bicyclic) bond motifs is 1. The normalized spacial score (nSPS) is 34.8. The summed E-state index contributed by atoms with van der Waals surface area (Å²) < 4.78 is 0. The summed E-state index contributed by atoms with van der Waals surface area (Å²) in [6.07, 6.45) is 5.31. The first kappa shape index (κ1) is 9.44. The van der Waals surface area contributed by atoms with Crippen molar-refractivity contribution >= 4 is 0 Å². The first-order valence-corrected chi connectivity index (χ1v) is 5.51. The summed E-state index contributed by atoms with van der Waals surface area (Å²) in [5.74, 6) is 0. The van der Waals surface area contributed by atoms with Gasteiger partial charge in [0.05, 0.1) is 6.61 Å². The average molecular weight is 184 g/mol. The molecule has 2 fully saturated rings. The van der Waals surface area contributed by atoms with Gasteiger partial charge in [0, 0.05) is 12.1 Å². The van der Waals surface area contributed by atoms with Gasteiger partial charge in [0.2, 0.25) is 0 Å². The Morgan fingerprint density at radius 2 is 2.31 bits per heavy atom. The number of hydroxylamine groups is 1. The molecule has 76 valence electrons. The average Bonchev–Trinajstić information content (AvgIpc) is 2.61. The molecule has 0 radical (unpaired) electrons. The molecule has 0 amide bonds. The van der Waals surface area contributed by atoms with Gasteiger partial charge >= 0.3 is 0 Å². The third-order valence-corrected chi connectivity index (χ3v) is 3.21. The second-order valence-corrected chi connectivity index (χ2v) is 4.10. The minimum Gasteiger partial charge on any atom is -0.302 e. The van der Waals surface area contributed by atoms with Crippen molar-refractivity contribution in [2.75, 3.05) is 19.7 Å². The zero-order valence-electron chi connectivity index (χ0n) is 8.46. The standard InChI is InChI=1S/C10H20N2O/c1-2-13-11-9-5-7-12-6-3-4-10(12)8-9/h9-11H,2-8H2,1H3. The first-order valence-electron chi connectivity index (χ1n) is 5.51. The lowest BCUT2D eigenvalue weighted by Gasteiger charge is -2.34. The van der Waals surface area contributed by atoms with Gasteiger partial charge in [-0.25, -0.2) is 0 Å². The molecule has 3 nitrogen and oxygen atoms in total. The Bertz CT molecular complexity index is 163. The summed E-state index contributed by atoms with van der Waals surface area (Å²) in [7, 11) is 0. The lowest BCUT2D eigenvalue weighted by molar-refractivity contribution is 0.000442. The van der Waals surface area contributed by atoms with Crippen molar-refractivity contribution in [3.05, 3.63) is 0 Å². The lowest BCUT2D eigenvalue weighted by Crippen LogP contribution is -2.45. The predicted octanol–water partition coefficient (Wildman–Crippen LogP) is 1.15. The maximum atomic E-state index is 5.25. The van der Waals surface area contributed by atoms with Crippen molar-refractivity contribution in [3.63, 3.8) is 0 Å². The van der Waals surface area contributed by atoms with Crippen LogP contribution < -0.4 is 5.48 Å². The van der Waals surface area contributed by atoms with Crippen LogP contribution in [0.5, 0.6) is 0 Å². The van der Waals surface area contributed by atoms with Crippen molar-refractivity contribution in [1.82, 2.24) is 10.4 Å². The molecule has 2 rings (SSSR count). The van der Waals surface area contributed by atoms with Gasteiger partial charge in [-0.1, -0.05) is 0 Å². The Morgan fingerprint density at radius 1 is 1.38 bits per heavy atom. The quantitative estimate of drug-likeness (QED) is 0.666. The molecule has 0 aromatic rings. The van der Waals surface area contributed by atoms with E-state index in [0.29, 0.717) is 6.04 Å². The van der Waals surface area contributed by atoms with Crippen LogP contribution in [0.25, 0.3) is 0 Å². The lowest BCUT2D eigenvalue weighted by atomic mass is 9.98. The number of rotatable bonds is 3. The minimum atomic E-state index is 0.597. The van der Waals surface area contributed by atoms with E-state index in [9.17, 15) is 0 Å². The number of nitrogens with one attached hydrogen (secondary N) is 1. The Labute approximate surface area is 80.4 Å². The molecule has 2 atom stereocenters. The Hall–Kier alpha value is -0.120. The van der Waals surface area contributed by atoms with Crippen molar-refractivity contribution in [2.24, 2.45) is 0 Å². The Balaban J connectivity index is 1.76. The molecule has 2 saturated heterocycles. The third-order valence-electron chi connectivity index (χ3n) is 3.21. The van der Waals surface area contributed by atoms with Crippen LogP contribution in [0.2, 0.25) is 0 Å². The minimum absolute atomic E-state index is 0.597. The summed E-state index contributed by atoms with van der Waals surface area (Å²) in [6, 6.07) is 1.44. The van der Waals surface area contributed by atoms with Gasteiger partial charge in [-0.3, -0.25) is 0 Å². The van der Waals surface area contributed by atoms with E-state index in [-0.39, 0.29) is 0 Å². The zero-order chi connectivity index (χ0) is 9.10. The van der Waals surface area contributed by atoms with Gasteiger partial charge < -0.3 is 9.74 Å². The molecular weight excluding hydrogens is 164 g/mol. The molecule has 2 aliphatic heterocycles. The molecule has 0 aromatic heterocycles. The van der Waals surface area contributed by atoms with Crippen LogP contribution in [-0.4, -0.2) is 36.7 Å². The molecule has 0 spiro atoms. The zero-order valence-corrected chi connectivity index (χ0v) is 8.46. The van der Waals surface area contributed by atoms with E-state index in [2.05, 4.69) is 10.4 Å². The van der Waals surface area contributed by atoms with Crippen molar-refractivity contribution < 1.29 is 4.84 Å². The molecule has 0 saturated carbocycles. The smallest absolute Gasteiger partial charge is 0.0654 e. The molecule has 2 heterocycles. The van der Waals surface area contributed by atoms with Gasteiger partial charge in [0.1, 0.15) is 0 Å². The number of hydrogen-bond acceptors (Lipinski definition) is 3. The van der Waals surface area contributed by atoms with E-state index < -0.39 is 0 Å². The summed E-state index contributed by atoms with van der Waals surface area (Å²) >= 11 is 0. The molecule has 0 bridgehead atoms. The Morgan fingerprint density at radius 3 is 3.15 bits per heavy atom. The monoisotopic (exact) mass is 184 g/mol. The van der Waals surface area contributed by atoms with Crippen LogP contribution in [0.1, 0.15) is 32.6 Å². The van der Waals surface area contributed by atoms with Crippen LogP contribution in [0.3, 0.4) is 0 Å². The van der Waals surface area contributed by atoms with E-state index in [1.165, 1.54) is 38.8 Å². The molecule has 1 N–H and O–H groups in total. The summed E-state index contributed by atoms with van der Waals surface area (Å²) in [5, 5.41) is 0. The van der Waals surface area contributed by atoms with Gasteiger partial charge in [-0.05, 0) is 45.7 Å². The first-order chi connectivity index (χ1) is 6.40. The molecule has 3 heteroatoms. The summed E-state index contributed by atoms with van der Waals surface area (Å²) in [4.78, 5) is 7.88. The summed E-state index contributed by atoms with van der Waals surface area (Å²) in [5.41, 5.74) is 3.16. The van der Waals surface area contributed by atoms with Crippen molar-refractivity contribution in [2.45, 2.75) is 44.7 Å². The number of piperidine rings is 1. The molecule has 0 aromatic carbocycles. The van der Waals surface area contributed by atoms with E-state index in [1.54, 1.807) is 0 Å². The van der Waals surface area contributed by atoms with Crippen LogP contribution in [-0.2, 0) is 4.84 Å². The van der Waals surface area contributed by atoms with Crippen LogP contribution >= 0.6 is 0 Å². The molecule has 13 heavy (non-hydrogen) atoms. The maximum absolute atomic E-state index is 5.25. The van der Waals surface area contributed by atoms with Crippen LogP contribution in [0, 0.1) is 0 Å². The molecule has 2 unspecified atom stereocenters. The van der Waals surface area contributed by atoms with E-state index in [1.807, 2.05) is 6.92 Å². The van der Waals surface area contributed by atoms with Gasteiger partial charge in [0.15, 0.2) is 0 Å². The molecule has 0 aliphatic carbocycles. The topological polar surface area (TPSA) is 24.5 Å². The number of hydrogen-bond donors (Lipinski definition) is 1. The van der Waals surface area contributed by atoms with E-state index >= 15 is 0 Å². The third kappa shape index (κ3) is 2.22. The van der Waals surface area contributed by atoms with E-state index in [0.717, 1.165) is 12.6 Å². The fourth-order valence-corrected chi connectivity index (χ4v) is 2.53. The van der Waals surface area contributed by atoms with Gasteiger partial charge in [-0.15, -0.1) is 0 Å². The number of nitrogens with zero attached hydrogens (tertiary/aromatic N) is 1. The van der Waals surface area contributed by atoms with Gasteiger partial charge in [-0.2, -0.15) is 5.48 Å². The van der Waals surface area contributed by atoms with Crippen molar-refractivity contribution in [1.29, 1.82) is 0 Å². The molecular formula is C10H20N2O. The highest BCUT2D eigenvalue weighted by Gasteiger charge is 2.31. The summed E-state index contributed by atoms with van der Waals surface area (Å²) in [6.45, 7) is 5.38. The predicted molar refractivity (Wildman–Crippen MR) is 52.4 cm³/mol. The Kier molecular flexibility index (Phi) is 3.19. The fourth-order valence-electron chi connectivity index (χ4n) is 2.53. The van der Waals surface area contributed by atoms with E-state index in [4.69, 9.17) is 4.84 Å². The second-order valence-electron chi connectivity index (χ2n) is 4.10. The molecule has 2 aliphatic rings. The fraction of sp³-hybridized carbons (Fsp3) is 1.00. The maximum Gasteiger partial charge on any atom is 0.0654 e. The highest BCUT2D eigenvalue weighted by Crippen LogP contribution is 2.26. The van der Waals surface area contributed by atoms with Crippen LogP contribution in [0.4, 0.5) is 0 Å².